The average molecular weight is 331 g/mol. The molecule has 5 nitrogen and oxygen atoms in total. The topological polar surface area (TPSA) is 78.4 Å². The van der Waals surface area contributed by atoms with Crippen LogP contribution in [0.3, 0.4) is 0 Å². The maximum absolute atomic E-state index is 11.9. The van der Waals surface area contributed by atoms with Crippen molar-refractivity contribution in [1.29, 1.82) is 0 Å². The molecule has 0 heterocycles. The summed E-state index contributed by atoms with van der Waals surface area (Å²) in [6.07, 6.45) is 0.723. The second kappa shape index (κ2) is 7.11. The molecular formula is C14H16Cl2N2O3. The zero-order valence-corrected chi connectivity index (χ0v) is 12.7. The Hall–Kier alpha value is -1.30. The van der Waals surface area contributed by atoms with E-state index in [9.17, 15) is 9.59 Å². The number of carbonyl (C=O) groups is 2. The molecule has 0 radical (unpaired) electrons. The molecule has 1 aliphatic rings. The number of hydrogen-bond donors (Lipinski definition) is 3. The van der Waals surface area contributed by atoms with Gasteiger partial charge in [-0.15, -0.1) is 0 Å². The molecule has 2 rings (SSSR count). The van der Waals surface area contributed by atoms with E-state index in [-0.39, 0.29) is 43.3 Å². The highest BCUT2D eigenvalue weighted by Gasteiger charge is 2.44. The third kappa shape index (κ3) is 4.59. The Balaban J connectivity index is 1.82. The van der Waals surface area contributed by atoms with Crippen LogP contribution in [0.2, 0.25) is 10.0 Å². The molecule has 3 N–H and O–H groups in total. The fraction of sp³-hybridized carbons (Fsp3) is 0.429. The molecule has 1 saturated carbocycles. The molecule has 0 aromatic heterocycles. The van der Waals surface area contributed by atoms with E-state index in [0.717, 1.165) is 12.0 Å². The predicted molar refractivity (Wildman–Crippen MR) is 80.4 cm³/mol. The Morgan fingerprint density at radius 1 is 1.19 bits per heavy atom. The number of aliphatic hydroxyl groups excluding tert-OH is 1. The first kappa shape index (κ1) is 16.1. The van der Waals surface area contributed by atoms with Crippen molar-refractivity contribution in [1.82, 2.24) is 10.6 Å². The van der Waals surface area contributed by atoms with Gasteiger partial charge in [-0.25, -0.2) is 0 Å². The predicted octanol–water partition coefficient (Wildman–Crippen LogP) is 1.32. The Kier molecular flexibility index (Phi) is 5.45. The molecule has 2 atom stereocenters. The molecule has 0 unspecified atom stereocenters. The number of hydrogen-bond acceptors (Lipinski definition) is 3. The molecule has 0 saturated heterocycles. The first-order chi connectivity index (χ1) is 10.0. The minimum atomic E-state index is -0.319. The van der Waals surface area contributed by atoms with Crippen LogP contribution in [0.4, 0.5) is 0 Å². The van der Waals surface area contributed by atoms with Gasteiger partial charge in [0.15, 0.2) is 0 Å². The van der Waals surface area contributed by atoms with Gasteiger partial charge in [0.25, 0.3) is 0 Å². The summed E-state index contributed by atoms with van der Waals surface area (Å²) in [4.78, 5) is 23.2. The average Bonchev–Trinajstić information content (AvgIpc) is 3.22. The number of halogens is 2. The fourth-order valence-electron chi connectivity index (χ4n) is 2.20. The van der Waals surface area contributed by atoms with Gasteiger partial charge in [0.2, 0.25) is 11.8 Å². The minimum Gasteiger partial charge on any atom is -0.395 e. The van der Waals surface area contributed by atoms with Crippen LogP contribution in [0.25, 0.3) is 0 Å². The quantitative estimate of drug-likeness (QED) is 0.736. The molecule has 0 spiro atoms. The van der Waals surface area contributed by atoms with Crippen molar-refractivity contribution in [2.75, 3.05) is 19.7 Å². The van der Waals surface area contributed by atoms with Crippen LogP contribution in [0, 0.1) is 5.92 Å². The highest BCUT2D eigenvalue weighted by Crippen LogP contribution is 2.48. The van der Waals surface area contributed by atoms with Crippen LogP contribution >= 0.6 is 23.2 Å². The minimum absolute atomic E-state index is 0.0850. The van der Waals surface area contributed by atoms with E-state index < -0.39 is 0 Å². The van der Waals surface area contributed by atoms with E-state index in [1.807, 2.05) is 0 Å². The molecule has 2 amide bonds. The zero-order chi connectivity index (χ0) is 15.4. The van der Waals surface area contributed by atoms with Gasteiger partial charge >= 0.3 is 0 Å². The second-order valence-electron chi connectivity index (χ2n) is 4.94. The van der Waals surface area contributed by atoms with Crippen molar-refractivity contribution in [3.05, 3.63) is 33.8 Å². The van der Waals surface area contributed by atoms with E-state index in [4.69, 9.17) is 28.3 Å². The molecule has 0 aliphatic heterocycles. The summed E-state index contributed by atoms with van der Waals surface area (Å²) >= 11 is 11.9. The van der Waals surface area contributed by atoms with Crippen molar-refractivity contribution in [2.45, 2.75) is 12.3 Å². The molecular weight excluding hydrogens is 315 g/mol. The lowest BCUT2D eigenvalue weighted by Gasteiger charge is -2.06. The standard InChI is InChI=1S/C14H16Cl2N2O3/c15-9-3-8(4-10(16)5-9)11-6-12(11)14(21)18-7-13(20)17-1-2-19/h3-5,11-12,19H,1-2,6-7H2,(H,17,20)(H,18,21)/t11-,12-/m0/s1. The van der Waals surface area contributed by atoms with Gasteiger partial charge in [-0.05, 0) is 36.1 Å². The normalized spacial score (nSPS) is 20.0. The Morgan fingerprint density at radius 3 is 2.48 bits per heavy atom. The molecule has 114 valence electrons. The van der Waals surface area contributed by atoms with Crippen molar-refractivity contribution < 1.29 is 14.7 Å². The van der Waals surface area contributed by atoms with Gasteiger partial charge in [0.05, 0.1) is 13.2 Å². The van der Waals surface area contributed by atoms with Gasteiger partial charge in [-0.3, -0.25) is 9.59 Å². The first-order valence-corrected chi connectivity index (χ1v) is 7.38. The van der Waals surface area contributed by atoms with Crippen LogP contribution < -0.4 is 10.6 Å². The summed E-state index contributed by atoms with van der Waals surface area (Å²) < 4.78 is 0. The molecule has 21 heavy (non-hydrogen) atoms. The Labute approximate surface area is 132 Å². The van der Waals surface area contributed by atoms with Gasteiger partial charge in [0.1, 0.15) is 0 Å². The van der Waals surface area contributed by atoms with E-state index in [2.05, 4.69) is 10.6 Å². The van der Waals surface area contributed by atoms with Crippen molar-refractivity contribution in [2.24, 2.45) is 5.92 Å². The highest BCUT2D eigenvalue weighted by molar-refractivity contribution is 6.34. The first-order valence-electron chi connectivity index (χ1n) is 6.62. The molecule has 1 aromatic carbocycles. The van der Waals surface area contributed by atoms with E-state index in [0.29, 0.717) is 10.0 Å². The third-order valence-electron chi connectivity index (χ3n) is 3.30. The van der Waals surface area contributed by atoms with Crippen molar-refractivity contribution >= 4 is 35.0 Å². The third-order valence-corrected chi connectivity index (χ3v) is 3.73. The number of carbonyl (C=O) groups excluding carboxylic acids is 2. The van der Waals surface area contributed by atoms with Crippen LogP contribution in [0.1, 0.15) is 17.9 Å². The van der Waals surface area contributed by atoms with Gasteiger partial charge in [-0.1, -0.05) is 23.2 Å². The molecule has 7 heteroatoms. The van der Waals surface area contributed by atoms with Gasteiger partial charge < -0.3 is 15.7 Å². The monoisotopic (exact) mass is 330 g/mol. The van der Waals surface area contributed by atoms with Crippen LogP contribution in [0.5, 0.6) is 0 Å². The summed E-state index contributed by atoms with van der Waals surface area (Å²) in [5, 5.41) is 14.7. The van der Waals surface area contributed by atoms with E-state index in [1.54, 1.807) is 18.2 Å². The number of amides is 2. The molecule has 0 bridgehead atoms. The number of benzene rings is 1. The Bertz CT molecular complexity index is 531. The lowest BCUT2D eigenvalue weighted by molar-refractivity contribution is -0.126. The van der Waals surface area contributed by atoms with Crippen LogP contribution in [-0.4, -0.2) is 36.6 Å². The van der Waals surface area contributed by atoms with Gasteiger partial charge in [-0.2, -0.15) is 0 Å². The molecule has 1 fully saturated rings. The lowest BCUT2D eigenvalue weighted by atomic mass is 10.1. The van der Waals surface area contributed by atoms with Crippen molar-refractivity contribution in [3.8, 4) is 0 Å². The summed E-state index contributed by atoms with van der Waals surface area (Å²) in [7, 11) is 0. The van der Waals surface area contributed by atoms with Gasteiger partial charge in [0, 0.05) is 22.5 Å². The maximum Gasteiger partial charge on any atom is 0.239 e. The molecule has 1 aliphatic carbocycles. The fourth-order valence-corrected chi connectivity index (χ4v) is 2.74. The lowest BCUT2D eigenvalue weighted by Crippen LogP contribution is -2.38. The summed E-state index contributed by atoms with van der Waals surface area (Å²) in [5.74, 6) is -0.525. The summed E-state index contributed by atoms with van der Waals surface area (Å²) in [6, 6.07) is 5.26. The SMILES string of the molecule is O=C(CNC(=O)[C@H]1C[C@H]1c1cc(Cl)cc(Cl)c1)NCCO. The van der Waals surface area contributed by atoms with Crippen LogP contribution in [0.15, 0.2) is 18.2 Å². The van der Waals surface area contributed by atoms with Crippen LogP contribution in [-0.2, 0) is 9.59 Å². The Morgan fingerprint density at radius 2 is 1.86 bits per heavy atom. The number of aliphatic hydroxyl groups is 1. The number of rotatable bonds is 6. The second-order valence-corrected chi connectivity index (χ2v) is 5.82. The van der Waals surface area contributed by atoms with Crippen molar-refractivity contribution in [3.63, 3.8) is 0 Å². The highest BCUT2D eigenvalue weighted by atomic mass is 35.5. The maximum atomic E-state index is 11.9. The van der Waals surface area contributed by atoms with E-state index in [1.165, 1.54) is 0 Å². The zero-order valence-electron chi connectivity index (χ0n) is 11.2. The van der Waals surface area contributed by atoms with E-state index >= 15 is 0 Å². The largest absolute Gasteiger partial charge is 0.395 e. The summed E-state index contributed by atoms with van der Waals surface area (Å²) in [5.41, 5.74) is 0.942. The smallest absolute Gasteiger partial charge is 0.239 e. The molecule has 1 aromatic rings. The summed E-state index contributed by atoms with van der Waals surface area (Å²) in [6.45, 7) is -0.0277. The number of nitrogens with one attached hydrogen (secondary N) is 2.